The molecular weight excluding hydrogens is 895 g/mol. The maximum Gasteiger partial charge on any atom is 0.351 e. The van der Waals surface area contributed by atoms with Crippen LogP contribution in [0.2, 0.25) is 0 Å². The molecule has 5 rings (SSSR count). The average Bonchev–Trinajstić information content (AvgIpc) is 3.74. The quantitative estimate of drug-likeness (QED) is 0.172. The zero-order valence-corrected chi connectivity index (χ0v) is 42.9. The molecule has 67 heavy (non-hydrogen) atoms. The van der Waals surface area contributed by atoms with Crippen LogP contribution in [0.5, 0.6) is 0 Å². The number of aliphatic hydroxyl groups excluding tert-OH is 4. The molecule has 4 saturated heterocycles. The molecule has 4 aliphatic heterocycles. The lowest BCUT2D eigenvalue weighted by molar-refractivity contribution is -0.318. The highest BCUT2D eigenvalue weighted by molar-refractivity contribution is 8.00. The van der Waals surface area contributed by atoms with E-state index in [1.807, 2.05) is 51.7 Å². The summed E-state index contributed by atoms with van der Waals surface area (Å²) in [5.74, 6) is -1.77. The molecule has 0 radical (unpaired) electrons. The van der Waals surface area contributed by atoms with E-state index in [9.17, 15) is 35.1 Å². The molecule has 5 heterocycles. The molecule has 8 N–H and O–H groups in total. The van der Waals surface area contributed by atoms with Crippen LogP contribution in [-0.4, -0.2) is 199 Å². The van der Waals surface area contributed by atoms with E-state index >= 15 is 0 Å². The number of aromatic nitrogens is 2. The molecule has 0 saturated carbocycles. The van der Waals surface area contributed by atoms with Crippen LogP contribution in [0.15, 0.2) is 17.1 Å². The van der Waals surface area contributed by atoms with Crippen LogP contribution >= 0.6 is 11.8 Å². The van der Waals surface area contributed by atoms with Crippen molar-refractivity contribution in [3.63, 3.8) is 0 Å². The summed E-state index contributed by atoms with van der Waals surface area (Å²) in [6, 6.07) is 0.736. The molecule has 21 heteroatoms. The fraction of sp³-hybridized carbons (Fsp3) is 0.891. The number of carbonyl (C=O) groups is 1. The van der Waals surface area contributed by atoms with Crippen LogP contribution < -0.4 is 11.4 Å². The predicted octanol–water partition coefficient (Wildman–Crippen LogP) is 1.31. The number of anilines is 1. The molecule has 0 bridgehead atoms. The van der Waals surface area contributed by atoms with Crippen LogP contribution in [0.3, 0.4) is 0 Å². The van der Waals surface area contributed by atoms with E-state index < -0.39 is 102 Å². The Morgan fingerprint density at radius 3 is 2.21 bits per heavy atom. The number of nitrogens with two attached hydrogens (primary N) is 1. The van der Waals surface area contributed by atoms with Crippen molar-refractivity contribution in [2.24, 2.45) is 17.8 Å². The van der Waals surface area contributed by atoms with Crippen molar-refractivity contribution in [3.8, 4) is 0 Å². The summed E-state index contributed by atoms with van der Waals surface area (Å²) in [7, 11) is 7.12. The first-order chi connectivity index (χ1) is 31.1. The molecule has 388 valence electrons. The van der Waals surface area contributed by atoms with Crippen LogP contribution in [0.25, 0.3) is 0 Å². The topological polar surface area (TPSA) is 270 Å². The molecule has 4 aliphatic rings. The lowest BCUT2D eigenvalue weighted by Gasteiger charge is -2.48. The monoisotopic (exact) mass is 978 g/mol. The lowest BCUT2D eigenvalue weighted by atomic mass is 9.77. The molecule has 0 aromatic carbocycles. The standard InChI is InChI=1S/C38H72N2O12.C8H11N3O3S/c1-15-27-38(10,46)31(42)24(6)40(13)19-20(2)17-36(8,45)33(52-35-29(41)26(39(11)12)16-21(3)48-35)22(4)30(23(5)34(44)50-27)51-28-18-37(9,47-14)32(43)25(7)49-28;9-5-1-2-11(8(13)10-5)6-4-15-7(3-12)14-6/h20-33,35,41-43,45-46H,15-19H2,1-14H3;1-2,6-7,12H,3-4H2,(H2,9,10,13)/t20-,21-,22+,23-,24-,25+,26+,27-,28+,29-,30+,31-,32+,33-,35+,36-,37-,38-;6-,7+/m10/s1. The minimum Gasteiger partial charge on any atom is -0.459 e. The normalized spacial score (nSPS) is 44.3. The van der Waals surface area contributed by atoms with Crippen LogP contribution in [0.4, 0.5) is 5.82 Å². The fourth-order valence-electron chi connectivity index (χ4n) is 10.1. The Kier molecular flexibility index (Phi) is 20.5. The van der Waals surface area contributed by atoms with Gasteiger partial charge in [0, 0.05) is 50.0 Å². The Bertz CT molecular complexity index is 1780. The number of thioether (sulfide) groups is 1. The second-order valence-electron chi connectivity index (χ2n) is 20.2. The number of aliphatic hydroxyl groups is 6. The molecule has 0 aliphatic carbocycles. The van der Waals surface area contributed by atoms with Crippen molar-refractivity contribution in [2.45, 2.75) is 197 Å². The molecule has 0 spiro atoms. The second-order valence-corrected chi connectivity index (χ2v) is 21.4. The van der Waals surface area contributed by atoms with Crippen molar-refractivity contribution < 1.29 is 68.6 Å². The van der Waals surface area contributed by atoms with Gasteiger partial charge in [-0.05, 0) is 101 Å². The van der Waals surface area contributed by atoms with Gasteiger partial charge in [0.05, 0.1) is 48.1 Å². The van der Waals surface area contributed by atoms with Gasteiger partial charge in [-0.3, -0.25) is 9.36 Å². The van der Waals surface area contributed by atoms with Gasteiger partial charge in [-0.15, -0.1) is 11.8 Å². The summed E-state index contributed by atoms with van der Waals surface area (Å²) < 4.78 is 44.3. The number of hydrogen-bond acceptors (Lipinski definition) is 20. The highest BCUT2D eigenvalue weighted by Gasteiger charge is 2.53. The average molecular weight is 978 g/mol. The van der Waals surface area contributed by atoms with E-state index in [1.165, 1.54) is 30.4 Å². The maximum atomic E-state index is 14.2. The van der Waals surface area contributed by atoms with Crippen molar-refractivity contribution in [1.82, 2.24) is 19.4 Å². The number of carbonyl (C=O) groups excluding carboxylic acids is 1. The molecule has 1 aromatic rings. The van der Waals surface area contributed by atoms with E-state index in [4.69, 9.17) is 44.0 Å². The van der Waals surface area contributed by atoms with Crippen LogP contribution in [-0.2, 0) is 38.0 Å². The Balaban J connectivity index is 0.000000547. The molecule has 1 aromatic heterocycles. The first-order valence-corrected chi connectivity index (χ1v) is 24.6. The number of ether oxygens (including phenoxy) is 7. The summed E-state index contributed by atoms with van der Waals surface area (Å²) in [5, 5.41) is 67.0. The molecule has 0 unspecified atom stereocenters. The Morgan fingerprint density at radius 1 is 0.985 bits per heavy atom. The number of hydrogen-bond donors (Lipinski definition) is 7. The minimum atomic E-state index is -1.80. The summed E-state index contributed by atoms with van der Waals surface area (Å²) in [5.41, 5.74) is 0.299. The third-order valence-electron chi connectivity index (χ3n) is 14.3. The summed E-state index contributed by atoms with van der Waals surface area (Å²) in [4.78, 5) is 33.1. The number of nitrogen functional groups attached to an aromatic ring is 1. The predicted molar refractivity (Wildman–Crippen MR) is 251 cm³/mol. The third kappa shape index (κ3) is 13.9. The highest BCUT2D eigenvalue weighted by Crippen LogP contribution is 2.40. The molecular formula is C46H83N5O15S. The molecule has 20 atom stereocenters. The molecule has 20 nitrogen and oxygen atoms in total. The van der Waals surface area contributed by atoms with E-state index in [2.05, 4.69) is 4.98 Å². The van der Waals surface area contributed by atoms with E-state index in [1.54, 1.807) is 53.8 Å². The van der Waals surface area contributed by atoms with Gasteiger partial charge in [-0.1, -0.05) is 20.8 Å². The van der Waals surface area contributed by atoms with Crippen molar-refractivity contribution >= 4 is 23.5 Å². The summed E-state index contributed by atoms with van der Waals surface area (Å²) in [6.07, 6.45) is -7.01. The number of methoxy groups -OCH3 is 1. The molecule has 0 amide bonds. The van der Waals surface area contributed by atoms with Gasteiger partial charge in [0.25, 0.3) is 0 Å². The van der Waals surface area contributed by atoms with Gasteiger partial charge in [0.2, 0.25) is 0 Å². The third-order valence-corrected chi connectivity index (χ3v) is 15.4. The Morgan fingerprint density at radius 2 is 1.64 bits per heavy atom. The van der Waals surface area contributed by atoms with E-state index in [0.717, 1.165) is 0 Å². The molecule has 4 fully saturated rings. The van der Waals surface area contributed by atoms with Crippen LogP contribution in [0, 0.1) is 17.8 Å². The minimum absolute atomic E-state index is 0.0572. The highest BCUT2D eigenvalue weighted by atomic mass is 32.2. The van der Waals surface area contributed by atoms with E-state index in [0.29, 0.717) is 18.7 Å². The van der Waals surface area contributed by atoms with Crippen LogP contribution in [0.1, 0.15) is 101 Å². The maximum absolute atomic E-state index is 14.2. The Hall–Kier alpha value is -2.06. The van der Waals surface area contributed by atoms with E-state index in [-0.39, 0.29) is 61.4 Å². The zero-order chi connectivity index (χ0) is 50.5. The Labute approximate surface area is 400 Å². The smallest absolute Gasteiger partial charge is 0.351 e. The zero-order valence-electron chi connectivity index (χ0n) is 42.1. The lowest BCUT2D eigenvalue weighted by Crippen LogP contribution is -2.60. The number of likely N-dealkylation sites (N-methyl/N-ethyl adjacent to an activating group) is 2. The number of nitrogens with zero attached hydrogens (tertiary/aromatic N) is 4. The van der Waals surface area contributed by atoms with Crippen molar-refractivity contribution in [3.05, 3.63) is 22.7 Å². The number of esters is 1. The largest absolute Gasteiger partial charge is 0.459 e. The second kappa shape index (κ2) is 23.9. The summed E-state index contributed by atoms with van der Waals surface area (Å²) >= 11 is 1.47. The first-order valence-electron chi connectivity index (χ1n) is 23.6. The van der Waals surface area contributed by atoms with Gasteiger partial charge in [-0.2, -0.15) is 4.98 Å². The van der Waals surface area contributed by atoms with Gasteiger partial charge in [-0.25, -0.2) is 4.79 Å². The van der Waals surface area contributed by atoms with Gasteiger partial charge < -0.3 is 79.3 Å². The fourth-order valence-corrected chi connectivity index (χ4v) is 11.0. The van der Waals surface area contributed by atoms with Gasteiger partial charge >= 0.3 is 11.7 Å². The number of rotatable bonds is 9. The van der Waals surface area contributed by atoms with Gasteiger partial charge in [0.15, 0.2) is 12.6 Å². The van der Waals surface area contributed by atoms with Crippen molar-refractivity contribution in [2.75, 3.05) is 52.9 Å². The summed E-state index contributed by atoms with van der Waals surface area (Å²) in [6.45, 7) is 18.0. The SMILES string of the molecule is CC[C@H]1OC(=O)[C@H](C)[C@@H](O[C@H]2C[C@@](C)(OC)[C@@H](O)[C@H](C)O2)[C@H](C)[C@@H](O[C@@H]2O[C@H](C)C[C@H](N(C)C)[C@H]2O)[C@](C)(O)C[C@@H](C)CN(C)[C@H](C)[C@@H](O)[C@]1(C)O.Nc1ccn([C@@H]2CS[C@H](CO)O2)c(=O)n1. The number of cyclic esters (lactones) is 1. The van der Waals surface area contributed by atoms with Gasteiger partial charge in [0.1, 0.15) is 47.5 Å². The van der Waals surface area contributed by atoms with Crippen molar-refractivity contribution in [1.29, 1.82) is 0 Å². The first kappa shape index (κ1) is 57.5.